The maximum atomic E-state index is 5.51. The molecule has 1 aromatic heterocycles. The van der Waals surface area contributed by atoms with Gasteiger partial charge in [-0.3, -0.25) is 0 Å². The molecule has 3 heteroatoms. The Bertz CT molecular complexity index is 2600. The zero-order chi connectivity index (χ0) is 34.2. The first-order valence-electron chi connectivity index (χ1n) is 17.6. The van der Waals surface area contributed by atoms with Gasteiger partial charge in [-0.1, -0.05) is 177 Å². The maximum Gasteiger partial charge on any atom is 0.160 e. The van der Waals surface area contributed by atoms with E-state index >= 15 is 0 Å². The van der Waals surface area contributed by atoms with Crippen molar-refractivity contribution in [2.75, 3.05) is 0 Å². The summed E-state index contributed by atoms with van der Waals surface area (Å²) < 4.78 is 0. The van der Waals surface area contributed by atoms with Crippen LogP contribution in [-0.2, 0) is 10.8 Å². The van der Waals surface area contributed by atoms with Crippen LogP contribution in [-0.4, -0.2) is 9.97 Å². The van der Waals surface area contributed by atoms with E-state index in [2.05, 4.69) is 184 Å². The van der Waals surface area contributed by atoms with Crippen molar-refractivity contribution < 1.29 is 0 Å². The molecule has 51 heavy (non-hydrogen) atoms. The summed E-state index contributed by atoms with van der Waals surface area (Å²) in [5, 5.41) is 2.37. The molecule has 0 N–H and O–H groups in total. The van der Waals surface area contributed by atoms with E-state index in [0.29, 0.717) is 0 Å². The molecule has 0 saturated heterocycles. The second-order valence-electron chi connectivity index (χ2n) is 14.1. The molecule has 2 nitrogen and oxygen atoms in total. The predicted molar refractivity (Wildman–Crippen MR) is 210 cm³/mol. The highest BCUT2D eigenvalue weighted by atomic mass is 32.2. The van der Waals surface area contributed by atoms with E-state index in [9.17, 15) is 0 Å². The summed E-state index contributed by atoms with van der Waals surface area (Å²) >= 11 is 1.86. The lowest BCUT2D eigenvalue weighted by atomic mass is 9.53. The molecule has 10 rings (SSSR count). The number of nitrogens with zero attached hydrogens (tertiary/aromatic N) is 2. The van der Waals surface area contributed by atoms with Gasteiger partial charge in [-0.15, -0.1) is 0 Å². The average molecular weight is 671 g/mol. The molecule has 0 amide bonds. The molecule has 0 bridgehead atoms. The molecule has 1 aliphatic heterocycles. The first-order valence-corrected chi connectivity index (χ1v) is 18.4. The molecule has 8 aromatic rings. The summed E-state index contributed by atoms with van der Waals surface area (Å²) in [5.41, 5.74) is 12.2. The summed E-state index contributed by atoms with van der Waals surface area (Å²) in [4.78, 5) is 13.5. The first kappa shape index (κ1) is 30.1. The summed E-state index contributed by atoms with van der Waals surface area (Å²) in [7, 11) is 0. The minimum absolute atomic E-state index is 0.182. The molecule has 7 aromatic carbocycles. The van der Waals surface area contributed by atoms with E-state index in [-0.39, 0.29) is 5.41 Å². The lowest BCUT2D eigenvalue weighted by Crippen LogP contribution is -2.43. The van der Waals surface area contributed by atoms with Crippen molar-refractivity contribution in [3.05, 3.63) is 203 Å². The Kier molecular flexibility index (Phi) is 6.71. The Balaban J connectivity index is 1.34. The number of fused-ring (bicyclic) bond motifs is 9. The molecular weight excluding hydrogens is 637 g/mol. The molecule has 0 saturated carbocycles. The van der Waals surface area contributed by atoms with E-state index in [4.69, 9.17) is 9.97 Å². The molecule has 0 atom stereocenters. The van der Waals surface area contributed by atoms with Crippen LogP contribution in [0.2, 0.25) is 0 Å². The Labute approximate surface area is 302 Å². The van der Waals surface area contributed by atoms with Crippen molar-refractivity contribution in [3.63, 3.8) is 0 Å². The lowest BCUT2D eigenvalue weighted by Gasteiger charge is -2.50. The van der Waals surface area contributed by atoms with Crippen LogP contribution in [0.25, 0.3) is 44.7 Å². The van der Waals surface area contributed by atoms with E-state index in [1.165, 1.54) is 53.9 Å². The topological polar surface area (TPSA) is 25.8 Å². The van der Waals surface area contributed by atoms with Gasteiger partial charge in [0.2, 0.25) is 0 Å². The predicted octanol–water partition coefficient (Wildman–Crippen LogP) is 12.1. The molecule has 1 aliphatic carbocycles. The summed E-state index contributed by atoms with van der Waals surface area (Å²) in [6.07, 6.45) is 0. The van der Waals surface area contributed by atoms with Crippen LogP contribution in [0.5, 0.6) is 0 Å². The maximum absolute atomic E-state index is 5.51. The molecule has 2 heterocycles. The molecule has 2 aliphatic rings. The summed E-state index contributed by atoms with van der Waals surface area (Å²) in [6.45, 7) is 4.74. The van der Waals surface area contributed by atoms with E-state index in [1.807, 2.05) is 11.8 Å². The Hall–Kier alpha value is -5.77. The van der Waals surface area contributed by atoms with Gasteiger partial charge in [-0.05, 0) is 62.4 Å². The van der Waals surface area contributed by atoms with Crippen LogP contribution in [0.1, 0.15) is 47.2 Å². The van der Waals surface area contributed by atoms with Gasteiger partial charge in [0.25, 0.3) is 0 Å². The fourth-order valence-electron chi connectivity index (χ4n) is 8.78. The van der Waals surface area contributed by atoms with Gasteiger partial charge in [0.1, 0.15) is 0 Å². The number of hydrogen-bond donors (Lipinski definition) is 0. The van der Waals surface area contributed by atoms with Crippen LogP contribution >= 0.6 is 11.8 Å². The number of benzene rings is 7. The van der Waals surface area contributed by atoms with Crippen molar-refractivity contribution in [3.8, 4) is 33.9 Å². The second kappa shape index (κ2) is 11.4. The highest BCUT2D eigenvalue weighted by Crippen LogP contribution is 2.63. The van der Waals surface area contributed by atoms with Crippen molar-refractivity contribution >= 4 is 22.5 Å². The normalized spacial score (nSPS) is 14.7. The van der Waals surface area contributed by atoms with Crippen molar-refractivity contribution in [1.29, 1.82) is 0 Å². The summed E-state index contributed by atoms with van der Waals surface area (Å²) in [5.74, 6) is 0.732. The third-order valence-electron chi connectivity index (χ3n) is 11.0. The number of aromatic nitrogens is 2. The first-order chi connectivity index (χ1) is 25.0. The van der Waals surface area contributed by atoms with Gasteiger partial charge < -0.3 is 0 Å². The van der Waals surface area contributed by atoms with E-state index < -0.39 is 5.41 Å². The van der Waals surface area contributed by atoms with Crippen molar-refractivity contribution in [2.45, 2.75) is 34.5 Å². The molecule has 242 valence electrons. The highest BCUT2D eigenvalue weighted by Gasteiger charge is 2.53. The van der Waals surface area contributed by atoms with Crippen molar-refractivity contribution in [2.24, 2.45) is 0 Å². The van der Waals surface area contributed by atoms with Crippen LogP contribution < -0.4 is 0 Å². The standard InChI is InChI=1S/C48H34N2S/c1-47(2)36-23-8-10-25-38(36)48(39-26-11-9-24-37(39)47)40-27-12-13-28-43(40)51-44-29-15-22-35(45(44)48)46-49-41(32-17-4-3-5-18-32)30-42(50-46)34-21-14-19-31-16-6-7-20-33(31)34/h3-30H,1-2H3. The molecule has 0 fully saturated rings. The third kappa shape index (κ3) is 4.38. The minimum Gasteiger partial charge on any atom is -0.228 e. The van der Waals surface area contributed by atoms with Crippen LogP contribution in [0.4, 0.5) is 0 Å². The Morgan fingerprint density at radius 3 is 1.76 bits per heavy atom. The molecule has 0 radical (unpaired) electrons. The molecule has 1 spiro atoms. The fraction of sp³-hybridized carbons (Fsp3) is 0.0833. The largest absolute Gasteiger partial charge is 0.228 e. The smallest absolute Gasteiger partial charge is 0.160 e. The average Bonchev–Trinajstić information content (AvgIpc) is 3.19. The second-order valence-corrected chi connectivity index (χ2v) is 15.2. The molecule has 0 unspecified atom stereocenters. The van der Waals surface area contributed by atoms with Crippen LogP contribution in [0.3, 0.4) is 0 Å². The molecular formula is C48H34N2S. The Morgan fingerprint density at radius 1 is 0.451 bits per heavy atom. The number of hydrogen-bond acceptors (Lipinski definition) is 3. The van der Waals surface area contributed by atoms with Gasteiger partial charge >= 0.3 is 0 Å². The van der Waals surface area contributed by atoms with Gasteiger partial charge in [-0.25, -0.2) is 9.97 Å². The van der Waals surface area contributed by atoms with Gasteiger partial charge in [0.05, 0.1) is 16.8 Å². The monoisotopic (exact) mass is 670 g/mol. The fourth-order valence-corrected chi connectivity index (χ4v) is 10.0. The van der Waals surface area contributed by atoms with Gasteiger partial charge in [-0.2, -0.15) is 0 Å². The lowest BCUT2D eigenvalue weighted by molar-refractivity contribution is 0.549. The van der Waals surface area contributed by atoms with Gasteiger partial charge in [0.15, 0.2) is 5.82 Å². The number of rotatable bonds is 3. The zero-order valence-corrected chi connectivity index (χ0v) is 29.3. The van der Waals surface area contributed by atoms with Crippen LogP contribution in [0, 0.1) is 0 Å². The van der Waals surface area contributed by atoms with Crippen LogP contribution in [0.15, 0.2) is 180 Å². The van der Waals surface area contributed by atoms with Crippen molar-refractivity contribution in [1.82, 2.24) is 9.97 Å². The SMILES string of the molecule is CC1(C)c2ccccc2C2(c3ccccc3Sc3cccc(-c4nc(-c5ccccc5)cc(-c5cccc6ccccc56)n4)c32)c2ccccc21. The third-order valence-corrected chi connectivity index (χ3v) is 12.2. The quantitative estimate of drug-likeness (QED) is 0.187. The summed E-state index contributed by atoms with van der Waals surface area (Å²) in [6, 6.07) is 61.7. The highest BCUT2D eigenvalue weighted by molar-refractivity contribution is 7.99. The van der Waals surface area contributed by atoms with Gasteiger partial charge in [0, 0.05) is 31.9 Å². The zero-order valence-electron chi connectivity index (χ0n) is 28.5. The van der Waals surface area contributed by atoms with E-state index in [1.54, 1.807) is 0 Å². The minimum atomic E-state index is -0.581. The van der Waals surface area contributed by atoms with E-state index in [0.717, 1.165) is 33.9 Å². The Morgan fingerprint density at radius 2 is 1.00 bits per heavy atom.